The highest BCUT2D eigenvalue weighted by Gasteiger charge is 2.24. The highest BCUT2D eigenvalue weighted by molar-refractivity contribution is 7.85. The first-order chi connectivity index (χ1) is 8.87. The lowest BCUT2D eigenvalue weighted by molar-refractivity contribution is 0.303. The topological polar surface area (TPSA) is 66.8 Å². The van der Waals surface area contributed by atoms with Crippen LogP contribution >= 0.6 is 0 Å². The van der Waals surface area contributed by atoms with E-state index in [2.05, 4.69) is 0 Å². The largest absolute Gasteiger partial charge is 0.437 e. The fraction of sp³-hybridized carbons (Fsp3) is 0.500. The Bertz CT molecular complexity index is 559. The summed E-state index contributed by atoms with van der Waals surface area (Å²) in [5.41, 5.74) is 3.14. The van der Waals surface area contributed by atoms with Crippen LogP contribution in [0.5, 0.6) is 0 Å². The summed E-state index contributed by atoms with van der Waals surface area (Å²) in [6.07, 6.45) is 1.90. The summed E-state index contributed by atoms with van der Waals surface area (Å²) < 4.78 is 27.0. The number of hydrogen-bond acceptors (Lipinski definition) is 5. The van der Waals surface area contributed by atoms with Gasteiger partial charge in [0.05, 0.1) is 12.9 Å². The maximum atomic E-state index is 11.1. The van der Waals surface area contributed by atoms with Gasteiger partial charge in [-0.15, -0.1) is 0 Å². The molecule has 1 aliphatic heterocycles. The summed E-state index contributed by atoms with van der Waals surface area (Å²) >= 11 is 0. The first-order valence-corrected chi connectivity index (χ1v) is 8.04. The minimum absolute atomic E-state index is 0.0512. The van der Waals surface area contributed by atoms with Crippen LogP contribution in [0, 0.1) is 0 Å². The predicted molar refractivity (Wildman–Crippen MR) is 74.0 cm³/mol. The van der Waals surface area contributed by atoms with E-state index in [4.69, 9.17) is 4.18 Å². The molecule has 1 aromatic rings. The van der Waals surface area contributed by atoms with Crippen LogP contribution in [0.25, 0.3) is 0 Å². The molecule has 5 nitrogen and oxygen atoms in total. The van der Waals surface area contributed by atoms with Crippen LogP contribution < -0.4 is 0 Å². The Kier molecular flexibility index (Phi) is 4.30. The van der Waals surface area contributed by atoms with E-state index < -0.39 is 17.2 Å². The van der Waals surface area contributed by atoms with Crippen LogP contribution in [-0.4, -0.2) is 38.1 Å². The van der Waals surface area contributed by atoms with E-state index in [9.17, 15) is 13.4 Å². The maximum Gasteiger partial charge on any atom is 0.376 e. The standard InChI is InChI=1S/C12H18BNO4S/c1-13(15)14-7-6-10-4-3-5-11(12(10)8-14)9-18-19(2,16)17/h3-5,15H,6-9H2,1-2H3. The highest BCUT2D eigenvalue weighted by atomic mass is 32.2. The molecule has 2 rings (SSSR count). The Morgan fingerprint density at radius 3 is 2.84 bits per heavy atom. The molecule has 0 bridgehead atoms. The van der Waals surface area contributed by atoms with Gasteiger partial charge in [-0.25, -0.2) is 0 Å². The molecule has 0 amide bonds. The lowest BCUT2D eigenvalue weighted by Crippen LogP contribution is -2.41. The molecule has 1 aliphatic rings. The molecule has 0 aromatic heterocycles. The van der Waals surface area contributed by atoms with E-state index in [1.807, 2.05) is 23.0 Å². The Morgan fingerprint density at radius 1 is 1.47 bits per heavy atom. The number of nitrogens with zero attached hydrogens (tertiary/aromatic N) is 1. The van der Waals surface area contributed by atoms with Crippen LogP contribution in [0.15, 0.2) is 18.2 Å². The molecule has 0 spiro atoms. The normalized spacial score (nSPS) is 16.2. The van der Waals surface area contributed by atoms with Crippen LogP contribution in [0.1, 0.15) is 16.7 Å². The molecule has 1 heterocycles. The van der Waals surface area contributed by atoms with Crippen LogP contribution in [-0.2, 0) is 33.9 Å². The Hall–Kier alpha value is -0.885. The molecular formula is C12H18BNO4S. The molecule has 0 saturated carbocycles. The summed E-state index contributed by atoms with van der Waals surface area (Å²) in [5, 5.41) is 9.65. The van der Waals surface area contributed by atoms with Crippen molar-refractivity contribution < 1.29 is 17.6 Å². The third kappa shape index (κ3) is 3.79. The van der Waals surface area contributed by atoms with Crippen molar-refractivity contribution in [1.29, 1.82) is 0 Å². The van der Waals surface area contributed by atoms with Gasteiger partial charge >= 0.3 is 7.05 Å². The van der Waals surface area contributed by atoms with Gasteiger partial charge in [0.2, 0.25) is 0 Å². The zero-order valence-electron chi connectivity index (χ0n) is 11.2. The van der Waals surface area contributed by atoms with Gasteiger partial charge in [-0.3, -0.25) is 4.18 Å². The number of benzene rings is 1. The van der Waals surface area contributed by atoms with Crippen molar-refractivity contribution in [2.75, 3.05) is 12.8 Å². The molecule has 1 N–H and O–H groups in total. The summed E-state index contributed by atoms with van der Waals surface area (Å²) in [7, 11) is -3.94. The third-order valence-electron chi connectivity index (χ3n) is 3.36. The zero-order chi connectivity index (χ0) is 14.0. The molecule has 0 radical (unpaired) electrons. The molecule has 1 aromatic carbocycles. The molecule has 0 fully saturated rings. The van der Waals surface area contributed by atoms with Crippen LogP contribution in [0.2, 0.25) is 6.82 Å². The Morgan fingerprint density at radius 2 is 2.21 bits per heavy atom. The summed E-state index contributed by atoms with van der Waals surface area (Å²) in [6.45, 7) is 3.22. The minimum Gasteiger partial charge on any atom is -0.437 e. The van der Waals surface area contributed by atoms with E-state index in [-0.39, 0.29) is 6.61 Å². The lowest BCUT2D eigenvalue weighted by Gasteiger charge is -2.30. The SMILES string of the molecule is CB(O)N1CCc2cccc(COS(C)(=O)=O)c2C1. The van der Waals surface area contributed by atoms with Gasteiger partial charge in [-0.1, -0.05) is 18.2 Å². The second-order valence-electron chi connectivity index (χ2n) is 4.87. The van der Waals surface area contributed by atoms with Crippen molar-refractivity contribution in [2.24, 2.45) is 0 Å². The Labute approximate surface area is 114 Å². The number of rotatable bonds is 4. The quantitative estimate of drug-likeness (QED) is 0.648. The third-order valence-corrected chi connectivity index (χ3v) is 3.90. The van der Waals surface area contributed by atoms with Gasteiger partial charge in [-0.05, 0) is 36.5 Å². The van der Waals surface area contributed by atoms with Crippen molar-refractivity contribution in [3.63, 3.8) is 0 Å². The number of fused-ring (bicyclic) bond motifs is 1. The van der Waals surface area contributed by atoms with Crippen molar-refractivity contribution >= 4 is 17.2 Å². The van der Waals surface area contributed by atoms with Crippen molar-refractivity contribution in [1.82, 2.24) is 4.81 Å². The van der Waals surface area contributed by atoms with E-state index >= 15 is 0 Å². The van der Waals surface area contributed by atoms with Crippen molar-refractivity contribution in [3.8, 4) is 0 Å². The summed E-state index contributed by atoms with van der Waals surface area (Å²) in [4.78, 5) is 1.95. The predicted octanol–water partition coefficient (Wildman–Crippen LogP) is 0.631. The number of hydrogen-bond donors (Lipinski definition) is 1. The molecular weight excluding hydrogens is 265 g/mol. The van der Waals surface area contributed by atoms with Gasteiger partial charge < -0.3 is 9.83 Å². The average molecular weight is 283 g/mol. The van der Waals surface area contributed by atoms with Gasteiger partial charge in [0, 0.05) is 6.54 Å². The average Bonchev–Trinajstić information content (AvgIpc) is 2.34. The molecule has 7 heteroatoms. The fourth-order valence-electron chi connectivity index (χ4n) is 2.30. The summed E-state index contributed by atoms with van der Waals surface area (Å²) in [6, 6.07) is 5.83. The van der Waals surface area contributed by atoms with Gasteiger partial charge in [-0.2, -0.15) is 8.42 Å². The zero-order valence-corrected chi connectivity index (χ0v) is 12.0. The molecule has 0 saturated heterocycles. The van der Waals surface area contributed by atoms with E-state index in [1.165, 1.54) is 5.56 Å². The van der Waals surface area contributed by atoms with E-state index in [0.29, 0.717) is 6.54 Å². The van der Waals surface area contributed by atoms with Gasteiger partial charge in [0.25, 0.3) is 10.1 Å². The van der Waals surface area contributed by atoms with Crippen LogP contribution in [0.4, 0.5) is 0 Å². The fourth-order valence-corrected chi connectivity index (χ4v) is 2.64. The minimum atomic E-state index is -3.44. The second-order valence-corrected chi connectivity index (χ2v) is 6.52. The van der Waals surface area contributed by atoms with Crippen molar-refractivity contribution in [2.45, 2.75) is 26.4 Å². The monoisotopic (exact) mass is 283 g/mol. The highest BCUT2D eigenvalue weighted by Crippen LogP contribution is 2.24. The lowest BCUT2D eigenvalue weighted by atomic mass is 9.81. The smallest absolute Gasteiger partial charge is 0.376 e. The molecule has 0 aliphatic carbocycles. The van der Waals surface area contributed by atoms with Gasteiger partial charge in [0.1, 0.15) is 0 Å². The first kappa shape index (κ1) is 14.5. The second kappa shape index (κ2) is 5.62. The first-order valence-electron chi connectivity index (χ1n) is 6.23. The van der Waals surface area contributed by atoms with E-state index in [1.54, 1.807) is 6.82 Å². The van der Waals surface area contributed by atoms with Gasteiger partial charge in [0.15, 0.2) is 0 Å². The molecule has 104 valence electrons. The van der Waals surface area contributed by atoms with Crippen LogP contribution in [0.3, 0.4) is 0 Å². The maximum absolute atomic E-state index is 11.1. The molecule has 0 unspecified atom stereocenters. The van der Waals surface area contributed by atoms with Crippen molar-refractivity contribution in [3.05, 3.63) is 34.9 Å². The summed E-state index contributed by atoms with van der Waals surface area (Å²) in [5.74, 6) is 0. The Balaban J connectivity index is 2.22. The molecule has 0 atom stereocenters. The van der Waals surface area contributed by atoms with E-state index in [0.717, 1.165) is 30.3 Å². The molecule has 19 heavy (non-hydrogen) atoms.